The Bertz CT molecular complexity index is 1710. The summed E-state index contributed by atoms with van der Waals surface area (Å²) in [4.78, 5) is 21.4. The monoisotopic (exact) mass is 686 g/mol. The highest BCUT2D eigenvalue weighted by Gasteiger charge is 2.16. The van der Waals surface area contributed by atoms with Gasteiger partial charge in [0.05, 0.1) is 17.4 Å². The zero-order valence-corrected chi connectivity index (χ0v) is 31.9. The van der Waals surface area contributed by atoms with E-state index in [1.54, 1.807) is 32.4 Å². The lowest BCUT2D eigenvalue weighted by molar-refractivity contribution is -0.117. The molecule has 7 nitrogen and oxygen atoms in total. The van der Waals surface area contributed by atoms with E-state index in [9.17, 15) is 4.79 Å². The molecular weight excluding hydrogens is 629 g/mol. The van der Waals surface area contributed by atoms with Crippen LogP contribution in [0.5, 0.6) is 0 Å². The number of aromatic nitrogens is 2. The summed E-state index contributed by atoms with van der Waals surface area (Å²) in [5.41, 5.74) is 13.6. The fourth-order valence-corrected chi connectivity index (χ4v) is 3.97. The Hall–Kier alpha value is -5.19. The number of allylic oxidation sites excluding steroid dienone is 6. The number of nitrogens with one attached hydrogen (secondary N) is 3. The number of pyridine rings is 2. The molecule has 7 heteroatoms. The van der Waals surface area contributed by atoms with Crippen molar-refractivity contribution < 1.29 is 4.79 Å². The summed E-state index contributed by atoms with van der Waals surface area (Å²) in [5.74, 6) is 7.50. The first kappa shape index (κ1) is 42.0. The zero-order valence-electron chi connectivity index (χ0n) is 31.9. The summed E-state index contributed by atoms with van der Waals surface area (Å²) in [6.07, 6.45) is 20.4. The molecule has 0 spiro atoms. The van der Waals surface area contributed by atoms with Crippen LogP contribution < -0.4 is 21.7 Å². The van der Waals surface area contributed by atoms with E-state index in [-0.39, 0.29) is 5.91 Å². The van der Waals surface area contributed by atoms with Gasteiger partial charge in [-0.1, -0.05) is 101 Å². The van der Waals surface area contributed by atoms with Gasteiger partial charge in [0.2, 0.25) is 5.91 Å². The molecule has 1 amide bonds. The molecule has 51 heavy (non-hydrogen) atoms. The lowest BCUT2D eigenvalue weighted by atomic mass is 10.0. The highest BCUT2D eigenvalue weighted by Crippen LogP contribution is 2.25. The highest BCUT2D eigenvalue weighted by atomic mass is 16.2. The minimum Gasteiger partial charge on any atom is -0.397 e. The maximum absolute atomic E-state index is 12.6. The third kappa shape index (κ3) is 15.1. The Morgan fingerprint density at radius 1 is 0.941 bits per heavy atom. The molecule has 1 aromatic carbocycles. The van der Waals surface area contributed by atoms with Crippen molar-refractivity contribution in [1.29, 1.82) is 0 Å². The third-order valence-electron chi connectivity index (χ3n) is 8.30. The van der Waals surface area contributed by atoms with Gasteiger partial charge < -0.3 is 21.7 Å². The van der Waals surface area contributed by atoms with E-state index in [4.69, 9.17) is 10.7 Å². The van der Waals surface area contributed by atoms with Gasteiger partial charge in [-0.3, -0.25) is 9.78 Å². The predicted molar refractivity (Wildman–Crippen MR) is 218 cm³/mol. The Morgan fingerprint density at radius 3 is 2.10 bits per heavy atom. The number of carbonyl (C=O) groups excluding carboxylic acids is 1. The molecule has 0 bridgehead atoms. The fraction of sp³-hybridized carbons (Fsp3) is 0.341. The quantitative estimate of drug-likeness (QED) is 0.118. The topological polar surface area (TPSA) is 105 Å². The van der Waals surface area contributed by atoms with Crippen LogP contribution in [0.2, 0.25) is 0 Å². The molecule has 1 aliphatic carbocycles. The Balaban J connectivity index is 0.000000877. The largest absolute Gasteiger partial charge is 0.397 e. The summed E-state index contributed by atoms with van der Waals surface area (Å²) >= 11 is 0. The molecule has 1 aliphatic rings. The second kappa shape index (κ2) is 23.3. The SMILES string of the molecule is C1CCC1.C=C(/C=C\C)c1ccc(C#Cc2nc(NC(=O)C(C)NC)ccc2/C(N/C=C\C(C)=C/C)=C(/N)c2ccncc2)cc1.CCC(C)C. The van der Waals surface area contributed by atoms with Gasteiger partial charge in [-0.2, -0.15) is 0 Å². The van der Waals surface area contributed by atoms with Crippen LogP contribution in [0.25, 0.3) is 17.0 Å². The van der Waals surface area contributed by atoms with Crippen LogP contribution in [0.1, 0.15) is 109 Å². The standard InChI is InChI=1S/C35H38N6O.C5H12.C4H8/c1-7-9-25(4)28-13-10-27(11-14-28)12-16-31-30(15-17-32(40-31)41-35(42)26(5)37-6)34(39-23-18-24(3)8-2)33(36)29-19-21-38-22-20-29;1-4-5(2)3;1-2-4-3-1/h7-11,13-15,17-23,26,37,39H,4,36H2,1-3,5-6H3,(H,40,41,42);5H,4H2,1-3H3;1-4H2/b9-7-,23-18-,24-8-,34-33-;;. The fourth-order valence-electron chi connectivity index (χ4n) is 3.97. The molecule has 1 fully saturated rings. The van der Waals surface area contributed by atoms with Gasteiger partial charge in [0, 0.05) is 35.3 Å². The van der Waals surface area contributed by atoms with Crippen LogP contribution in [0.4, 0.5) is 5.82 Å². The van der Waals surface area contributed by atoms with E-state index in [0.717, 1.165) is 33.8 Å². The molecule has 1 unspecified atom stereocenters. The van der Waals surface area contributed by atoms with E-state index in [2.05, 4.69) is 60.1 Å². The van der Waals surface area contributed by atoms with E-state index in [1.807, 2.05) is 93.7 Å². The number of nitrogens with two attached hydrogens (primary N) is 1. The average Bonchev–Trinajstić information content (AvgIpc) is 3.12. The van der Waals surface area contributed by atoms with Crippen molar-refractivity contribution in [3.8, 4) is 11.8 Å². The number of rotatable bonds is 11. The van der Waals surface area contributed by atoms with E-state index < -0.39 is 6.04 Å². The number of anilines is 1. The third-order valence-corrected chi connectivity index (χ3v) is 8.30. The lowest BCUT2D eigenvalue weighted by Gasteiger charge is -2.16. The number of likely N-dealkylation sites (N-methyl/N-ethyl adjacent to an activating group) is 1. The molecule has 1 saturated carbocycles. The molecule has 2 aromatic heterocycles. The maximum Gasteiger partial charge on any atom is 0.242 e. The smallest absolute Gasteiger partial charge is 0.242 e. The van der Waals surface area contributed by atoms with Gasteiger partial charge in [0.1, 0.15) is 11.5 Å². The number of carbonyl (C=O) groups is 1. The molecule has 3 aromatic rings. The number of amides is 1. The minimum atomic E-state index is -0.392. The molecule has 0 saturated heterocycles. The Labute approximate surface area is 307 Å². The minimum absolute atomic E-state index is 0.205. The zero-order chi connectivity index (χ0) is 37.6. The molecule has 2 heterocycles. The van der Waals surface area contributed by atoms with Crippen molar-refractivity contribution >= 4 is 28.7 Å². The first-order valence-electron chi connectivity index (χ1n) is 17.9. The van der Waals surface area contributed by atoms with Crippen LogP contribution in [0, 0.1) is 17.8 Å². The van der Waals surface area contributed by atoms with Gasteiger partial charge in [0.15, 0.2) is 0 Å². The van der Waals surface area contributed by atoms with E-state index in [0.29, 0.717) is 28.5 Å². The summed E-state index contributed by atoms with van der Waals surface area (Å²) in [5, 5.41) is 9.15. The molecule has 0 aliphatic heterocycles. The van der Waals surface area contributed by atoms with Crippen molar-refractivity contribution in [3.05, 3.63) is 132 Å². The van der Waals surface area contributed by atoms with Crippen LogP contribution in [-0.4, -0.2) is 29.0 Å². The van der Waals surface area contributed by atoms with E-state index >= 15 is 0 Å². The molecule has 0 radical (unpaired) electrons. The predicted octanol–water partition coefficient (Wildman–Crippen LogP) is 9.48. The van der Waals surface area contributed by atoms with Crippen molar-refractivity contribution in [1.82, 2.24) is 20.6 Å². The number of hydrogen-bond acceptors (Lipinski definition) is 6. The molecule has 4 rings (SSSR count). The molecule has 1 atom stereocenters. The van der Waals surface area contributed by atoms with Crippen LogP contribution in [-0.2, 0) is 4.79 Å². The lowest BCUT2D eigenvalue weighted by Crippen LogP contribution is -2.35. The maximum atomic E-state index is 12.6. The normalized spacial score (nSPS) is 13.4. The van der Waals surface area contributed by atoms with Crippen molar-refractivity contribution in [3.63, 3.8) is 0 Å². The first-order chi connectivity index (χ1) is 24.5. The van der Waals surface area contributed by atoms with Crippen LogP contribution in [0.15, 0.2) is 104 Å². The van der Waals surface area contributed by atoms with Gasteiger partial charge in [0.25, 0.3) is 0 Å². The van der Waals surface area contributed by atoms with Crippen LogP contribution in [0.3, 0.4) is 0 Å². The van der Waals surface area contributed by atoms with Gasteiger partial charge in [-0.25, -0.2) is 4.98 Å². The molecule has 5 N–H and O–H groups in total. The second-order valence-electron chi connectivity index (χ2n) is 12.7. The molecular formula is C44H58N6O. The van der Waals surface area contributed by atoms with Gasteiger partial charge in [-0.15, -0.1) is 0 Å². The second-order valence-corrected chi connectivity index (χ2v) is 12.7. The number of nitrogens with zero attached hydrogens (tertiary/aromatic N) is 2. The van der Waals surface area contributed by atoms with Crippen LogP contribution >= 0.6 is 0 Å². The van der Waals surface area contributed by atoms with Crippen molar-refractivity contribution in [2.75, 3.05) is 12.4 Å². The summed E-state index contributed by atoms with van der Waals surface area (Å²) < 4.78 is 0. The summed E-state index contributed by atoms with van der Waals surface area (Å²) in [7, 11) is 1.73. The Kier molecular flexibility index (Phi) is 19.1. The van der Waals surface area contributed by atoms with Crippen molar-refractivity contribution in [2.24, 2.45) is 11.7 Å². The number of hydrogen-bond donors (Lipinski definition) is 4. The highest BCUT2D eigenvalue weighted by molar-refractivity contribution is 5.94. The average molecular weight is 687 g/mol. The Morgan fingerprint density at radius 2 is 1.57 bits per heavy atom. The summed E-state index contributed by atoms with van der Waals surface area (Å²) in [6, 6.07) is 14.7. The van der Waals surface area contributed by atoms with Crippen molar-refractivity contribution in [2.45, 2.75) is 86.6 Å². The van der Waals surface area contributed by atoms with Gasteiger partial charge in [-0.05, 0) is 100 Å². The summed E-state index contributed by atoms with van der Waals surface area (Å²) in [6.45, 7) is 18.5. The van der Waals surface area contributed by atoms with E-state index in [1.165, 1.54) is 32.1 Å². The number of benzene rings is 1. The molecule has 270 valence electrons. The van der Waals surface area contributed by atoms with Gasteiger partial charge >= 0.3 is 0 Å². The first-order valence-corrected chi connectivity index (χ1v) is 17.9.